The molecule has 0 radical (unpaired) electrons. The molecule has 1 saturated carbocycles. The van der Waals surface area contributed by atoms with Gasteiger partial charge in [-0.25, -0.2) is 0 Å². The number of nitrogens with one attached hydrogen (secondary N) is 2. The summed E-state index contributed by atoms with van der Waals surface area (Å²) in [5.41, 5.74) is 0.436. The molecule has 0 aromatic carbocycles. The molecule has 1 saturated heterocycles. The maximum absolute atomic E-state index is 9.59. The molecule has 160 valence electrons. The molecule has 0 aromatic rings. The van der Waals surface area contributed by atoms with E-state index < -0.39 is 0 Å². The SMILES string of the molecule is CCNC(=NCC1(CC(C)C)CCCC1)NCCCN1CCC(O)CC1.I. The third kappa shape index (κ3) is 9.31. The second-order valence-corrected chi connectivity index (χ2v) is 8.85. The summed E-state index contributed by atoms with van der Waals surface area (Å²) >= 11 is 0. The topological polar surface area (TPSA) is 59.9 Å². The number of nitrogens with zero attached hydrogens (tertiary/aromatic N) is 2. The quantitative estimate of drug-likeness (QED) is 0.198. The van der Waals surface area contributed by atoms with Crippen molar-refractivity contribution in [2.75, 3.05) is 39.3 Å². The normalized spacial score (nSPS) is 21.3. The van der Waals surface area contributed by atoms with Gasteiger partial charge in [0.2, 0.25) is 0 Å². The molecule has 1 aliphatic carbocycles. The lowest BCUT2D eigenvalue weighted by Gasteiger charge is -2.30. The number of halogens is 1. The van der Waals surface area contributed by atoms with Crippen LogP contribution in [0, 0.1) is 11.3 Å². The molecule has 0 bridgehead atoms. The van der Waals surface area contributed by atoms with Gasteiger partial charge in [-0.15, -0.1) is 24.0 Å². The molecule has 27 heavy (non-hydrogen) atoms. The Morgan fingerprint density at radius 3 is 2.44 bits per heavy atom. The summed E-state index contributed by atoms with van der Waals surface area (Å²) in [4.78, 5) is 7.43. The van der Waals surface area contributed by atoms with Gasteiger partial charge in [0.15, 0.2) is 5.96 Å². The van der Waals surface area contributed by atoms with Crippen molar-refractivity contribution in [1.82, 2.24) is 15.5 Å². The highest BCUT2D eigenvalue weighted by molar-refractivity contribution is 14.0. The summed E-state index contributed by atoms with van der Waals surface area (Å²) in [5, 5.41) is 16.5. The zero-order valence-corrected chi connectivity index (χ0v) is 20.1. The molecule has 2 fully saturated rings. The van der Waals surface area contributed by atoms with Gasteiger partial charge in [0, 0.05) is 32.7 Å². The molecule has 0 spiro atoms. The molecule has 0 amide bonds. The van der Waals surface area contributed by atoms with Crippen LogP contribution in [-0.4, -0.2) is 61.3 Å². The second-order valence-electron chi connectivity index (χ2n) is 8.85. The Morgan fingerprint density at radius 2 is 1.85 bits per heavy atom. The van der Waals surface area contributed by atoms with Crippen molar-refractivity contribution in [3.63, 3.8) is 0 Å². The molecular weight excluding hydrogens is 451 g/mol. The van der Waals surface area contributed by atoms with E-state index in [0.717, 1.165) is 70.4 Å². The number of guanidine groups is 1. The summed E-state index contributed by atoms with van der Waals surface area (Å²) in [6.07, 6.45) is 9.63. The molecule has 0 atom stereocenters. The second kappa shape index (κ2) is 13.2. The van der Waals surface area contributed by atoms with Gasteiger partial charge in [-0.3, -0.25) is 4.99 Å². The number of piperidine rings is 1. The van der Waals surface area contributed by atoms with Crippen LogP contribution < -0.4 is 10.6 Å². The van der Waals surface area contributed by atoms with Crippen molar-refractivity contribution < 1.29 is 5.11 Å². The van der Waals surface area contributed by atoms with E-state index >= 15 is 0 Å². The van der Waals surface area contributed by atoms with Crippen LogP contribution in [0.4, 0.5) is 0 Å². The number of rotatable bonds is 9. The number of aliphatic hydroxyl groups excluding tert-OH is 1. The van der Waals surface area contributed by atoms with Crippen molar-refractivity contribution in [1.29, 1.82) is 0 Å². The minimum absolute atomic E-state index is 0. The highest BCUT2D eigenvalue weighted by Gasteiger charge is 2.34. The molecule has 6 heteroatoms. The van der Waals surface area contributed by atoms with Crippen LogP contribution in [0.5, 0.6) is 0 Å². The van der Waals surface area contributed by atoms with Crippen molar-refractivity contribution in [3.8, 4) is 0 Å². The van der Waals surface area contributed by atoms with Crippen LogP contribution in [0.1, 0.15) is 72.1 Å². The highest BCUT2D eigenvalue weighted by atomic mass is 127. The largest absolute Gasteiger partial charge is 0.393 e. The summed E-state index contributed by atoms with van der Waals surface area (Å²) in [6.45, 7) is 12.8. The van der Waals surface area contributed by atoms with E-state index in [2.05, 4.69) is 36.3 Å². The monoisotopic (exact) mass is 494 g/mol. The van der Waals surface area contributed by atoms with Crippen molar-refractivity contribution in [3.05, 3.63) is 0 Å². The lowest BCUT2D eigenvalue weighted by molar-refractivity contribution is 0.0823. The van der Waals surface area contributed by atoms with Gasteiger partial charge in [-0.2, -0.15) is 0 Å². The van der Waals surface area contributed by atoms with E-state index in [9.17, 15) is 5.11 Å². The van der Waals surface area contributed by atoms with Crippen molar-refractivity contribution >= 4 is 29.9 Å². The highest BCUT2D eigenvalue weighted by Crippen LogP contribution is 2.43. The first-order chi connectivity index (χ1) is 12.5. The molecule has 1 heterocycles. The molecule has 2 rings (SSSR count). The van der Waals surface area contributed by atoms with Crippen molar-refractivity contribution in [2.45, 2.75) is 78.2 Å². The first-order valence-electron chi connectivity index (χ1n) is 11.0. The lowest BCUT2D eigenvalue weighted by atomic mass is 9.78. The van der Waals surface area contributed by atoms with E-state index in [1.165, 1.54) is 32.1 Å². The molecule has 2 aliphatic rings. The fourth-order valence-corrected chi connectivity index (χ4v) is 4.66. The summed E-state index contributed by atoms with van der Waals surface area (Å²) in [6, 6.07) is 0. The Morgan fingerprint density at radius 1 is 1.19 bits per heavy atom. The fourth-order valence-electron chi connectivity index (χ4n) is 4.66. The summed E-state index contributed by atoms with van der Waals surface area (Å²) in [7, 11) is 0. The number of aliphatic hydroxyl groups is 1. The summed E-state index contributed by atoms with van der Waals surface area (Å²) < 4.78 is 0. The maximum Gasteiger partial charge on any atom is 0.191 e. The average molecular weight is 495 g/mol. The van der Waals surface area contributed by atoms with Crippen LogP contribution in [0.3, 0.4) is 0 Å². The first kappa shape index (κ1) is 25.0. The van der Waals surface area contributed by atoms with Crippen LogP contribution in [-0.2, 0) is 0 Å². The molecule has 1 aliphatic heterocycles. The van der Waals surface area contributed by atoms with Crippen LogP contribution in [0.25, 0.3) is 0 Å². The number of likely N-dealkylation sites (tertiary alicyclic amines) is 1. The maximum atomic E-state index is 9.59. The lowest BCUT2D eigenvalue weighted by Crippen LogP contribution is -2.41. The zero-order chi connectivity index (χ0) is 18.8. The number of hydrogen-bond donors (Lipinski definition) is 3. The molecular formula is C21H43IN4O. The molecule has 0 unspecified atom stereocenters. The Hall–Kier alpha value is -0.0800. The van der Waals surface area contributed by atoms with E-state index in [1.54, 1.807) is 0 Å². The van der Waals surface area contributed by atoms with Crippen LogP contribution in [0.15, 0.2) is 4.99 Å². The zero-order valence-electron chi connectivity index (χ0n) is 17.8. The average Bonchev–Trinajstić information content (AvgIpc) is 3.06. The van der Waals surface area contributed by atoms with Gasteiger partial charge in [0.05, 0.1) is 6.10 Å². The number of aliphatic imine (C=N–C) groups is 1. The number of hydrogen-bond acceptors (Lipinski definition) is 3. The third-order valence-electron chi connectivity index (χ3n) is 5.92. The van der Waals surface area contributed by atoms with Gasteiger partial charge in [-0.1, -0.05) is 26.7 Å². The Bertz CT molecular complexity index is 416. The van der Waals surface area contributed by atoms with Crippen molar-refractivity contribution in [2.24, 2.45) is 16.3 Å². The Labute approximate surface area is 184 Å². The third-order valence-corrected chi connectivity index (χ3v) is 5.92. The Balaban J connectivity index is 0.00000364. The summed E-state index contributed by atoms with van der Waals surface area (Å²) in [5.74, 6) is 1.73. The fraction of sp³-hybridized carbons (Fsp3) is 0.952. The predicted molar refractivity (Wildman–Crippen MR) is 126 cm³/mol. The van der Waals surface area contributed by atoms with Gasteiger partial charge in [-0.05, 0) is 63.3 Å². The van der Waals surface area contributed by atoms with Gasteiger partial charge < -0.3 is 20.6 Å². The van der Waals surface area contributed by atoms with E-state index in [1.807, 2.05) is 0 Å². The van der Waals surface area contributed by atoms with Gasteiger partial charge in [0.1, 0.15) is 0 Å². The van der Waals surface area contributed by atoms with Crippen LogP contribution >= 0.6 is 24.0 Å². The van der Waals surface area contributed by atoms with Gasteiger partial charge >= 0.3 is 0 Å². The standard InChI is InChI=1S/C21H42N4O.HI/c1-4-22-20(23-12-7-13-25-14-8-19(26)9-15-25)24-17-21(16-18(2)3)10-5-6-11-21;/h18-19,26H,4-17H2,1-3H3,(H2,22,23,24);1H. The minimum atomic E-state index is -0.0781. The Kier molecular flexibility index (Phi) is 12.2. The molecule has 3 N–H and O–H groups in total. The van der Waals surface area contributed by atoms with Gasteiger partial charge in [0.25, 0.3) is 0 Å². The smallest absolute Gasteiger partial charge is 0.191 e. The minimum Gasteiger partial charge on any atom is -0.393 e. The van der Waals surface area contributed by atoms with E-state index in [4.69, 9.17) is 4.99 Å². The van der Waals surface area contributed by atoms with E-state index in [-0.39, 0.29) is 30.1 Å². The molecule has 5 nitrogen and oxygen atoms in total. The van der Waals surface area contributed by atoms with Crippen LogP contribution in [0.2, 0.25) is 0 Å². The predicted octanol–water partition coefficient (Wildman–Crippen LogP) is 3.61. The van der Waals surface area contributed by atoms with E-state index in [0.29, 0.717) is 5.41 Å². The first-order valence-corrected chi connectivity index (χ1v) is 11.0. The molecule has 0 aromatic heterocycles.